The first-order valence-electron chi connectivity index (χ1n) is 22.2. The number of carboxylic acid groups (broad SMARTS) is 2. The SMILES string of the molecule is C[C@@H](COc1ccnc2c1[C@H](C)CCC2)C[C@H]1Cc2ccc(OCCCC(=O)NC(C(=O)O)c3cccc(-c4cn[nH]c4)c3)cc2C12CCC(Nc1cccc(Cl)c1)(C(=O)O)CC2. The highest BCUT2D eigenvalue weighted by molar-refractivity contribution is 6.30. The lowest BCUT2D eigenvalue weighted by atomic mass is 9.59. The predicted octanol–water partition coefficient (Wildman–Crippen LogP) is 9.69. The number of carbonyl (C=O) groups is 3. The van der Waals surface area contributed by atoms with Gasteiger partial charge in [-0.3, -0.25) is 14.9 Å². The summed E-state index contributed by atoms with van der Waals surface area (Å²) in [5, 5.41) is 34.1. The fourth-order valence-electron chi connectivity index (χ4n) is 10.4. The van der Waals surface area contributed by atoms with Gasteiger partial charge in [-0.2, -0.15) is 5.10 Å². The highest BCUT2D eigenvalue weighted by Gasteiger charge is 2.54. The smallest absolute Gasteiger partial charge is 0.330 e. The van der Waals surface area contributed by atoms with Gasteiger partial charge in [-0.15, -0.1) is 0 Å². The minimum atomic E-state index is -1.21. The Morgan fingerprint density at radius 2 is 1.81 bits per heavy atom. The van der Waals surface area contributed by atoms with Crippen LogP contribution < -0.4 is 20.1 Å². The lowest BCUT2D eigenvalue weighted by Gasteiger charge is -2.47. The van der Waals surface area contributed by atoms with E-state index in [1.165, 1.54) is 16.7 Å². The molecule has 1 fully saturated rings. The first kappa shape index (κ1) is 43.8. The number of nitrogens with zero attached hydrogens (tertiary/aromatic N) is 2. The topological polar surface area (TPSA) is 176 Å². The molecule has 5 N–H and O–H groups in total. The molecule has 8 rings (SSSR count). The van der Waals surface area contributed by atoms with Crippen molar-refractivity contribution in [1.29, 1.82) is 0 Å². The second-order valence-electron chi connectivity index (χ2n) is 17.9. The minimum Gasteiger partial charge on any atom is -0.494 e. The molecule has 1 unspecified atom stereocenters. The van der Waals surface area contributed by atoms with Gasteiger partial charge in [0.2, 0.25) is 5.91 Å². The van der Waals surface area contributed by atoms with Gasteiger partial charge in [-0.05, 0) is 152 Å². The van der Waals surface area contributed by atoms with Crippen molar-refractivity contribution in [3.63, 3.8) is 0 Å². The van der Waals surface area contributed by atoms with Crippen molar-refractivity contribution in [1.82, 2.24) is 20.5 Å². The number of anilines is 1. The number of aromatic nitrogens is 3. The number of ether oxygens (including phenoxy) is 2. The molecule has 0 aliphatic heterocycles. The average molecular weight is 874 g/mol. The number of H-pyrrole nitrogens is 1. The van der Waals surface area contributed by atoms with Crippen LogP contribution in [0.5, 0.6) is 11.5 Å². The second-order valence-corrected chi connectivity index (χ2v) is 18.4. The molecule has 1 amide bonds. The number of hydrogen-bond acceptors (Lipinski definition) is 8. The van der Waals surface area contributed by atoms with E-state index in [-0.39, 0.29) is 36.2 Å². The zero-order chi connectivity index (χ0) is 44.1. The Kier molecular flexibility index (Phi) is 13.1. The van der Waals surface area contributed by atoms with E-state index in [2.05, 4.69) is 51.8 Å². The number of aliphatic carboxylic acids is 2. The Morgan fingerprint density at radius 1 is 0.984 bits per heavy atom. The molecule has 4 atom stereocenters. The Morgan fingerprint density at radius 3 is 2.57 bits per heavy atom. The molecule has 0 saturated heterocycles. The normalized spacial score (nSPS) is 22.3. The summed E-state index contributed by atoms with van der Waals surface area (Å²) < 4.78 is 12.9. The number of rotatable bonds is 17. The molecule has 5 aromatic rings. The molecule has 2 heterocycles. The maximum absolute atomic E-state index is 13.1. The van der Waals surface area contributed by atoms with Crippen molar-refractivity contribution in [3.8, 4) is 22.6 Å². The molecule has 2 aromatic heterocycles. The van der Waals surface area contributed by atoms with Gasteiger partial charge in [0, 0.05) is 46.3 Å². The van der Waals surface area contributed by atoms with Crippen LogP contribution >= 0.6 is 11.6 Å². The summed E-state index contributed by atoms with van der Waals surface area (Å²) in [6, 6.07) is 21.3. The fraction of sp³-hybridized carbons (Fsp3) is 0.420. The standard InChI is InChI=1S/C50H56ClN5O7/c1-31(30-63-43-16-21-52-42-12-3-7-32(2)45(42)43)23-37-25-34-14-15-40(27-41(34)49(37)17-19-50(20-18-49,48(60)61)56-39-11-5-10-38(51)26-39)62-22-6-13-44(57)55-46(47(58)59)35-9-4-8-33(24-35)36-28-53-54-29-36/h4-5,8-11,14-16,21,24,26-29,31-32,37,46,56H,3,6-7,12-13,17-20,22-23,25,30H2,1-2H3,(H,53,54)(H,55,57)(H,58,59)(H,60,61)/t31-,32-,37+,46?,49?,50?/m1/s1. The summed E-state index contributed by atoms with van der Waals surface area (Å²) in [6.45, 7) is 5.34. The second kappa shape index (κ2) is 18.8. The summed E-state index contributed by atoms with van der Waals surface area (Å²) in [4.78, 5) is 43.1. The first-order chi connectivity index (χ1) is 30.4. The third kappa shape index (κ3) is 9.56. The third-order valence-corrected chi connectivity index (χ3v) is 13.9. The molecular formula is C50H56ClN5O7. The molecule has 3 aliphatic rings. The summed E-state index contributed by atoms with van der Waals surface area (Å²) >= 11 is 6.31. The highest BCUT2D eigenvalue weighted by Crippen LogP contribution is 2.57. The van der Waals surface area contributed by atoms with E-state index in [9.17, 15) is 24.6 Å². The summed E-state index contributed by atoms with van der Waals surface area (Å²) in [5.41, 5.74) is 6.18. The summed E-state index contributed by atoms with van der Waals surface area (Å²) in [5.74, 6) is 0.132. The molecular weight excluding hydrogens is 818 g/mol. The maximum Gasteiger partial charge on any atom is 0.330 e. The molecule has 0 radical (unpaired) electrons. The molecule has 330 valence electrons. The van der Waals surface area contributed by atoms with E-state index in [0.29, 0.717) is 66.7 Å². The molecule has 63 heavy (non-hydrogen) atoms. The van der Waals surface area contributed by atoms with Crippen LogP contribution in [0.2, 0.25) is 5.02 Å². The number of pyridine rings is 1. The Bertz CT molecular complexity index is 2430. The van der Waals surface area contributed by atoms with Gasteiger partial charge in [0.1, 0.15) is 17.0 Å². The predicted molar refractivity (Wildman–Crippen MR) is 241 cm³/mol. The van der Waals surface area contributed by atoms with Gasteiger partial charge in [0.05, 0.1) is 19.4 Å². The van der Waals surface area contributed by atoms with E-state index in [0.717, 1.165) is 54.7 Å². The van der Waals surface area contributed by atoms with Gasteiger partial charge < -0.3 is 30.3 Å². The van der Waals surface area contributed by atoms with Crippen molar-refractivity contribution < 1.29 is 34.1 Å². The average Bonchev–Trinajstić information content (AvgIpc) is 3.91. The van der Waals surface area contributed by atoms with E-state index in [1.807, 2.05) is 36.5 Å². The molecule has 0 bridgehead atoms. The lowest BCUT2D eigenvalue weighted by molar-refractivity contribution is -0.144. The Balaban J connectivity index is 0.951. The zero-order valence-corrected chi connectivity index (χ0v) is 36.6. The number of amides is 1. The number of aromatic amines is 1. The van der Waals surface area contributed by atoms with Crippen LogP contribution in [0.15, 0.2) is 91.4 Å². The van der Waals surface area contributed by atoms with Gasteiger partial charge in [-0.25, -0.2) is 9.59 Å². The van der Waals surface area contributed by atoms with E-state index >= 15 is 0 Å². The number of hydrogen-bond donors (Lipinski definition) is 5. The van der Waals surface area contributed by atoms with Crippen molar-refractivity contribution in [2.75, 3.05) is 18.5 Å². The van der Waals surface area contributed by atoms with Crippen LogP contribution in [-0.4, -0.2) is 62.0 Å². The third-order valence-electron chi connectivity index (χ3n) is 13.7. The van der Waals surface area contributed by atoms with Gasteiger partial charge in [-0.1, -0.05) is 55.8 Å². The van der Waals surface area contributed by atoms with Crippen molar-refractivity contribution in [2.45, 2.75) is 107 Å². The molecule has 13 heteroatoms. The van der Waals surface area contributed by atoms with Gasteiger partial charge in [0.25, 0.3) is 0 Å². The largest absolute Gasteiger partial charge is 0.494 e. The van der Waals surface area contributed by atoms with Crippen LogP contribution in [0.4, 0.5) is 5.69 Å². The van der Waals surface area contributed by atoms with Gasteiger partial charge >= 0.3 is 11.9 Å². The maximum atomic E-state index is 13.1. The molecule has 1 spiro atoms. The minimum absolute atomic E-state index is 0.0836. The van der Waals surface area contributed by atoms with Crippen molar-refractivity contribution in [2.24, 2.45) is 11.8 Å². The van der Waals surface area contributed by atoms with Crippen molar-refractivity contribution in [3.05, 3.63) is 124 Å². The number of nitrogens with one attached hydrogen (secondary N) is 3. The fourth-order valence-corrected chi connectivity index (χ4v) is 10.6. The number of aryl methyl sites for hydroxylation is 1. The number of benzene rings is 3. The monoisotopic (exact) mass is 873 g/mol. The highest BCUT2D eigenvalue weighted by atomic mass is 35.5. The Labute approximate surface area is 373 Å². The molecule has 3 aromatic carbocycles. The summed E-state index contributed by atoms with van der Waals surface area (Å²) in [6.07, 6.45) is 13.0. The number of fused-ring (bicyclic) bond motifs is 3. The van der Waals surface area contributed by atoms with E-state index < -0.39 is 23.5 Å². The summed E-state index contributed by atoms with van der Waals surface area (Å²) in [7, 11) is 0. The van der Waals surface area contributed by atoms with Crippen LogP contribution in [0.25, 0.3) is 11.1 Å². The number of carboxylic acids is 2. The first-order valence-corrected chi connectivity index (χ1v) is 22.6. The van der Waals surface area contributed by atoms with E-state index in [4.69, 9.17) is 21.1 Å². The number of halogens is 1. The van der Waals surface area contributed by atoms with Crippen LogP contribution in [0.3, 0.4) is 0 Å². The zero-order valence-electron chi connectivity index (χ0n) is 35.9. The van der Waals surface area contributed by atoms with E-state index in [1.54, 1.807) is 42.7 Å². The van der Waals surface area contributed by atoms with Crippen LogP contribution in [0, 0.1) is 11.8 Å². The number of carbonyl (C=O) groups excluding carboxylic acids is 1. The quantitative estimate of drug-likeness (QED) is 0.0566. The van der Waals surface area contributed by atoms with Gasteiger partial charge in [0.15, 0.2) is 6.04 Å². The molecule has 12 nitrogen and oxygen atoms in total. The van der Waals surface area contributed by atoms with Crippen LogP contribution in [-0.2, 0) is 32.6 Å². The molecule has 3 aliphatic carbocycles. The lowest BCUT2D eigenvalue weighted by Crippen LogP contribution is -2.53. The van der Waals surface area contributed by atoms with Crippen molar-refractivity contribution >= 4 is 35.1 Å². The Hall–Kier alpha value is -5.88. The molecule has 1 saturated carbocycles. The van der Waals surface area contributed by atoms with Crippen LogP contribution in [0.1, 0.15) is 112 Å².